The Morgan fingerprint density at radius 1 is 1.47 bits per heavy atom. The minimum absolute atomic E-state index is 0.0189. The molecule has 0 aromatic heterocycles. The second-order valence-corrected chi connectivity index (χ2v) is 4.51. The SMILES string of the molecule is CCCN(CC(=O)NC)Cc1ccc(F)c(CN)c1. The van der Waals surface area contributed by atoms with E-state index in [9.17, 15) is 9.18 Å². The molecule has 0 atom stereocenters. The van der Waals surface area contributed by atoms with E-state index in [0.29, 0.717) is 18.7 Å². The van der Waals surface area contributed by atoms with Crippen LogP contribution in [0.3, 0.4) is 0 Å². The summed E-state index contributed by atoms with van der Waals surface area (Å²) in [5.74, 6) is -0.297. The predicted molar refractivity (Wildman–Crippen MR) is 73.9 cm³/mol. The molecule has 0 radical (unpaired) electrons. The summed E-state index contributed by atoms with van der Waals surface area (Å²) >= 11 is 0. The van der Waals surface area contributed by atoms with Crippen molar-refractivity contribution in [1.29, 1.82) is 0 Å². The minimum Gasteiger partial charge on any atom is -0.358 e. The molecule has 19 heavy (non-hydrogen) atoms. The van der Waals surface area contributed by atoms with Gasteiger partial charge in [0.1, 0.15) is 5.82 Å². The summed E-state index contributed by atoms with van der Waals surface area (Å²) < 4.78 is 13.4. The van der Waals surface area contributed by atoms with Crippen LogP contribution in [0, 0.1) is 5.82 Å². The fraction of sp³-hybridized carbons (Fsp3) is 0.500. The molecule has 0 saturated carbocycles. The van der Waals surface area contributed by atoms with Gasteiger partial charge < -0.3 is 11.1 Å². The molecule has 5 heteroatoms. The Hall–Kier alpha value is -1.46. The van der Waals surface area contributed by atoms with Crippen LogP contribution in [0.2, 0.25) is 0 Å². The maximum absolute atomic E-state index is 13.4. The van der Waals surface area contributed by atoms with Crippen LogP contribution < -0.4 is 11.1 Å². The van der Waals surface area contributed by atoms with E-state index in [0.717, 1.165) is 18.5 Å². The number of benzene rings is 1. The van der Waals surface area contributed by atoms with Crippen LogP contribution in [-0.4, -0.2) is 30.9 Å². The Kier molecular flexibility index (Phi) is 6.45. The molecule has 0 aliphatic heterocycles. The lowest BCUT2D eigenvalue weighted by Gasteiger charge is -2.21. The average molecular weight is 267 g/mol. The Labute approximate surface area is 113 Å². The van der Waals surface area contributed by atoms with Crippen molar-refractivity contribution >= 4 is 5.91 Å². The highest BCUT2D eigenvalue weighted by Crippen LogP contribution is 2.12. The summed E-state index contributed by atoms with van der Waals surface area (Å²) in [7, 11) is 1.62. The van der Waals surface area contributed by atoms with Crippen molar-refractivity contribution in [2.45, 2.75) is 26.4 Å². The first-order valence-corrected chi connectivity index (χ1v) is 6.51. The molecule has 0 spiro atoms. The van der Waals surface area contributed by atoms with Crippen molar-refractivity contribution in [2.75, 3.05) is 20.1 Å². The van der Waals surface area contributed by atoms with Gasteiger partial charge in [-0.2, -0.15) is 0 Å². The molecular weight excluding hydrogens is 245 g/mol. The van der Waals surface area contributed by atoms with Crippen molar-refractivity contribution in [3.63, 3.8) is 0 Å². The average Bonchev–Trinajstić information content (AvgIpc) is 2.41. The largest absolute Gasteiger partial charge is 0.358 e. The predicted octanol–water partition coefficient (Wildman–Crippen LogP) is 1.24. The molecule has 0 aliphatic rings. The summed E-state index contributed by atoms with van der Waals surface area (Å²) in [6.45, 7) is 4.03. The van der Waals surface area contributed by atoms with E-state index >= 15 is 0 Å². The number of halogens is 1. The number of nitrogens with zero attached hydrogens (tertiary/aromatic N) is 1. The molecule has 1 amide bonds. The number of amides is 1. The molecule has 0 bridgehead atoms. The lowest BCUT2D eigenvalue weighted by Crippen LogP contribution is -2.35. The van der Waals surface area contributed by atoms with Crippen LogP contribution in [-0.2, 0) is 17.9 Å². The van der Waals surface area contributed by atoms with Crippen molar-refractivity contribution in [3.05, 3.63) is 35.1 Å². The van der Waals surface area contributed by atoms with Gasteiger partial charge in [-0.3, -0.25) is 9.69 Å². The van der Waals surface area contributed by atoms with Crippen LogP contribution in [0.25, 0.3) is 0 Å². The molecule has 3 N–H and O–H groups in total. The number of rotatable bonds is 7. The molecule has 0 heterocycles. The van der Waals surface area contributed by atoms with Crippen molar-refractivity contribution in [2.24, 2.45) is 5.73 Å². The van der Waals surface area contributed by atoms with Gasteiger partial charge in [-0.1, -0.05) is 19.1 Å². The molecule has 1 rings (SSSR count). The number of nitrogens with two attached hydrogens (primary N) is 1. The van der Waals surface area contributed by atoms with E-state index in [-0.39, 0.29) is 18.3 Å². The third-order valence-electron chi connectivity index (χ3n) is 2.92. The van der Waals surface area contributed by atoms with E-state index in [4.69, 9.17) is 5.73 Å². The minimum atomic E-state index is -0.278. The first kappa shape index (κ1) is 15.6. The third kappa shape index (κ3) is 4.96. The molecule has 0 unspecified atom stereocenters. The second-order valence-electron chi connectivity index (χ2n) is 4.51. The first-order chi connectivity index (χ1) is 9.10. The zero-order chi connectivity index (χ0) is 14.3. The van der Waals surface area contributed by atoms with Crippen LogP contribution in [0.15, 0.2) is 18.2 Å². The Morgan fingerprint density at radius 3 is 2.79 bits per heavy atom. The molecule has 0 saturated heterocycles. The summed E-state index contributed by atoms with van der Waals surface area (Å²) in [6.07, 6.45) is 0.960. The Bertz CT molecular complexity index is 423. The van der Waals surface area contributed by atoms with Crippen LogP contribution >= 0.6 is 0 Å². The molecule has 106 valence electrons. The third-order valence-corrected chi connectivity index (χ3v) is 2.92. The van der Waals surface area contributed by atoms with Crippen LogP contribution in [0.1, 0.15) is 24.5 Å². The normalized spacial score (nSPS) is 10.8. The second kappa shape index (κ2) is 7.86. The highest BCUT2D eigenvalue weighted by Gasteiger charge is 2.10. The Morgan fingerprint density at radius 2 is 2.21 bits per heavy atom. The number of likely N-dealkylation sites (N-methyl/N-ethyl adjacent to an activating group) is 1. The van der Waals surface area contributed by atoms with Gasteiger partial charge >= 0.3 is 0 Å². The van der Waals surface area contributed by atoms with Gasteiger partial charge in [0.2, 0.25) is 5.91 Å². The summed E-state index contributed by atoms with van der Waals surface area (Å²) in [5, 5.41) is 2.61. The number of carbonyl (C=O) groups excluding carboxylic acids is 1. The van der Waals surface area contributed by atoms with E-state index in [2.05, 4.69) is 12.2 Å². The van der Waals surface area contributed by atoms with E-state index in [1.54, 1.807) is 19.2 Å². The number of hydrogen-bond acceptors (Lipinski definition) is 3. The number of carbonyl (C=O) groups is 1. The highest BCUT2D eigenvalue weighted by atomic mass is 19.1. The van der Waals surface area contributed by atoms with Gasteiger partial charge in [-0.15, -0.1) is 0 Å². The van der Waals surface area contributed by atoms with Crippen molar-refractivity contribution in [3.8, 4) is 0 Å². The van der Waals surface area contributed by atoms with Crippen LogP contribution in [0.5, 0.6) is 0 Å². The number of nitrogens with one attached hydrogen (secondary N) is 1. The van der Waals surface area contributed by atoms with Gasteiger partial charge in [-0.05, 0) is 24.6 Å². The summed E-state index contributed by atoms with van der Waals surface area (Å²) in [6, 6.07) is 4.93. The summed E-state index contributed by atoms with van der Waals surface area (Å²) in [5.41, 5.74) is 6.97. The zero-order valence-corrected chi connectivity index (χ0v) is 11.6. The monoisotopic (exact) mass is 267 g/mol. The molecule has 4 nitrogen and oxygen atoms in total. The summed E-state index contributed by atoms with van der Waals surface area (Å²) in [4.78, 5) is 13.5. The molecule has 1 aromatic carbocycles. The van der Waals surface area contributed by atoms with Crippen molar-refractivity contribution < 1.29 is 9.18 Å². The lowest BCUT2D eigenvalue weighted by atomic mass is 10.1. The van der Waals surface area contributed by atoms with Gasteiger partial charge in [0.05, 0.1) is 6.54 Å². The Balaban J connectivity index is 2.75. The maximum atomic E-state index is 13.4. The standard InChI is InChI=1S/C14H22FN3O/c1-3-6-18(10-14(19)17-2)9-11-4-5-13(15)12(7-11)8-16/h4-5,7H,3,6,8-10,16H2,1-2H3,(H,17,19). The topological polar surface area (TPSA) is 58.4 Å². The molecular formula is C14H22FN3O. The number of hydrogen-bond donors (Lipinski definition) is 2. The molecule has 0 aliphatic carbocycles. The van der Waals surface area contributed by atoms with Gasteiger partial charge in [0, 0.05) is 25.7 Å². The van der Waals surface area contributed by atoms with Crippen LogP contribution in [0.4, 0.5) is 4.39 Å². The van der Waals surface area contributed by atoms with E-state index in [1.807, 2.05) is 4.90 Å². The maximum Gasteiger partial charge on any atom is 0.233 e. The van der Waals surface area contributed by atoms with E-state index in [1.165, 1.54) is 6.07 Å². The van der Waals surface area contributed by atoms with Gasteiger partial charge in [0.25, 0.3) is 0 Å². The molecule has 1 aromatic rings. The fourth-order valence-corrected chi connectivity index (χ4v) is 1.95. The highest BCUT2D eigenvalue weighted by molar-refractivity contribution is 5.77. The van der Waals surface area contributed by atoms with Crippen molar-refractivity contribution in [1.82, 2.24) is 10.2 Å². The smallest absolute Gasteiger partial charge is 0.233 e. The lowest BCUT2D eigenvalue weighted by molar-refractivity contribution is -0.121. The van der Waals surface area contributed by atoms with Gasteiger partial charge in [0.15, 0.2) is 0 Å². The van der Waals surface area contributed by atoms with Gasteiger partial charge in [-0.25, -0.2) is 4.39 Å². The first-order valence-electron chi connectivity index (χ1n) is 6.51. The quantitative estimate of drug-likeness (QED) is 0.781. The van der Waals surface area contributed by atoms with E-state index < -0.39 is 0 Å². The fourth-order valence-electron chi connectivity index (χ4n) is 1.95. The zero-order valence-electron chi connectivity index (χ0n) is 11.6. The molecule has 0 fully saturated rings.